The summed E-state index contributed by atoms with van der Waals surface area (Å²) in [4.78, 5) is 1.98. The van der Waals surface area contributed by atoms with Gasteiger partial charge in [0.25, 0.3) is 9.84 Å². The lowest BCUT2D eigenvalue weighted by Crippen LogP contribution is -2.23. The van der Waals surface area contributed by atoms with Crippen LogP contribution in [0.1, 0.15) is 0 Å². The lowest BCUT2D eigenvalue weighted by atomic mass is 10.7. The Balaban J connectivity index is 3.22. The summed E-state index contributed by atoms with van der Waals surface area (Å²) in [5.41, 5.74) is -5.24. The van der Waals surface area contributed by atoms with Crippen LogP contribution >= 0.6 is 0 Å². The Bertz CT molecular complexity index is 351. The van der Waals surface area contributed by atoms with Crippen molar-refractivity contribution in [2.75, 3.05) is 0 Å². The molecule has 0 aliphatic carbocycles. The maximum absolute atomic E-state index is 11.8. The molecule has 1 aromatic heterocycles. The van der Waals surface area contributed by atoms with E-state index in [2.05, 4.69) is 0 Å². The number of hydrogen-bond acceptors (Lipinski definition) is 2. The van der Waals surface area contributed by atoms with Gasteiger partial charge >= 0.3 is 5.51 Å². The standard InChI is InChI=1S/C5H4F3NO2S/c6-5(7,8)12(10,11)4-2-1-3-9-4/h1-3,9H. The van der Waals surface area contributed by atoms with Crippen LogP contribution in [0.3, 0.4) is 0 Å². The first-order chi connectivity index (χ1) is 5.36. The molecular weight excluding hydrogens is 195 g/mol. The van der Waals surface area contributed by atoms with Crippen LogP contribution in [0.5, 0.6) is 0 Å². The van der Waals surface area contributed by atoms with Gasteiger partial charge in [-0.15, -0.1) is 0 Å². The van der Waals surface area contributed by atoms with Gasteiger partial charge in [0.15, 0.2) is 0 Å². The molecule has 0 bridgehead atoms. The summed E-state index contributed by atoms with van der Waals surface area (Å²) in [5, 5.41) is -0.838. The molecule has 0 saturated carbocycles. The zero-order valence-corrected chi connectivity index (χ0v) is 6.41. The highest BCUT2D eigenvalue weighted by Crippen LogP contribution is 2.28. The second kappa shape index (κ2) is 2.51. The molecule has 0 fully saturated rings. The summed E-state index contributed by atoms with van der Waals surface area (Å²) in [6, 6.07) is 2.03. The van der Waals surface area contributed by atoms with E-state index in [1.54, 1.807) is 0 Å². The maximum Gasteiger partial charge on any atom is 0.503 e. The van der Waals surface area contributed by atoms with E-state index in [1.807, 2.05) is 4.98 Å². The van der Waals surface area contributed by atoms with Gasteiger partial charge in [0.2, 0.25) is 0 Å². The summed E-state index contributed by atoms with van der Waals surface area (Å²) in [6.45, 7) is 0. The van der Waals surface area contributed by atoms with Crippen LogP contribution in [0.25, 0.3) is 0 Å². The number of sulfone groups is 1. The van der Waals surface area contributed by atoms with Crippen molar-refractivity contribution in [1.29, 1.82) is 0 Å². The third-order valence-corrected chi connectivity index (χ3v) is 2.61. The molecular formula is C5H4F3NO2S. The zero-order chi connectivity index (χ0) is 9.41. The van der Waals surface area contributed by atoms with Crippen molar-refractivity contribution in [3.63, 3.8) is 0 Å². The maximum atomic E-state index is 11.8. The minimum absolute atomic E-state index is 0.838. The first-order valence-corrected chi connectivity index (χ1v) is 4.29. The van der Waals surface area contributed by atoms with Gasteiger partial charge < -0.3 is 4.98 Å². The van der Waals surface area contributed by atoms with E-state index in [1.165, 1.54) is 6.07 Å². The Labute approximate surface area is 66.1 Å². The van der Waals surface area contributed by atoms with E-state index in [4.69, 9.17) is 0 Å². The molecule has 0 aliphatic heterocycles. The van der Waals surface area contributed by atoms with E-state index in [9.17, 15) is 21.6 Å². The number of aromatic amines is 1. The minimum Gasteiger partial charge on any atom is -0.352 e. The molecule has 0 aliphatic rings. The molecule has 1 rings (SSSR count). The molecule has 7 heteroatoms. The molecule has 1 aromatic rings. The lowest BCUT2D eigenvalue weighted by molar-refractivity contribution is -0.0437. The number of hydrogen-bond donors (Lipinski definition) is 1. The molecule has 0 saturated heterocycles. The van der Waals surface area contributed by atoms with E-state index in [0.29, 0.717) is 0 Å². The van der Waals surface area contributed by atoms with Crippen molar-refractivity contribution in [1.82, 2.24) is 4.98 Å². The lowest BCUT2D eigenvalue weighted by Gasteiger charge is -2.04. The fourth-order valence-electron chi connectivity index (χ4n) is 0.606. The minimum atomic E-state index is -5.24. The van der Waals surface area contributed by atoms with Gasteiger partial charge in [-0.25, -0.2) is 8.42 Å². The van der Waals surface area contributed by atoms with Crippen LogP contribution in [-0.4, -0.2) is 18.9 Å². The largest absolute Gasteiger partial charge is 0.503 e. The quantitative estimate of drug-likeness (QED) is 0.741. The Morgan fingerprint density at radius 2 is 1.92 bits per heavy atom. The van der Waals surface area contributed by atoms with Gasteiger partial charge in [-0.2, -0.15) is 13.2 Å². The molecule has 0 spiro atoms. The molecule has 68 valence electrons. The van der Waals surface area contributed by atoms with Gasteiger partial charge in [-0.05, 0) is 12.1 Å². The second-order valence-corrected chi connectivity index (χ2v) is 3.89. The number of halogens is 3. The second-order valence-electron chi connectivity index (χ2n) is 1.98. The highest BCUT2D eigenvalue weighted by Gasteiger charge is 2.47. The van der Waals surface area contributed by atoms with Crippen LogP contribution < -0.4 is 0 Å². The molecule has 1 heterocycles. The Morgan fingerprint density at radius 1 is 1.33 bits per heavy atom. The fraction of sp³-hybridized carbons (Fsp3) is 0.200. The number of nitrogens with one attached hydrogen (secondary N) is 1. The van der Waals surface area contributed by atoms with E-state index in [-0.39, 0.29) is 0 Å². The summed E-state index contributed by atoms with van der Waals surface area (Å²) in [6.07, 6.45) is 1.11. The summed E-state index contributed by atoms with van der Waals surface area (Å²) >= 11 is 0. The van der Waals surface area contributed by atoms with Crippen LogP contribution in [0, 0.1) is 0 Å². The summed E-state index contributed by atoms with van der Waals surface area (Å²) in [7, 11) is -5.19. The van der Waals surface area contributed by atoms with Gasteiger partial charge in [0, 0.05) is 6.20 Å². The Hall–Kier alpha value is -0.980. The molecule has 0 aromatic carbocycles. The normalized spacial score (nSPS) is 13.2. The highest BCUT2D eigenvalue weighted by molar-refractivity contribution is 7.92. The van der Waals surface area contributed by atoms with Gasteiger partial charge in [0.1, 0.15) is 5.03 Å². The van der Waals surface area contributed by atoms with Crippen molar-refractivity contribution in [2.45, 2.75) is 10.5 Å². The van der Waals surface area contributed by atoms with Gasteiger partial charge in [-0.3, -0.25) is 0 Å². The van der Waals surface area contributed by atoms with E-state index >= 15 is 0 Å². The number of H-pyrrole nitrogens is 1. The zero-order valence-electron chi connectivity index (χ0n) is 5.59. The van der Waals surface area contributed by atoms with Crippen molar-refractivity contribution in [3.8, 4) is 0 Å². The first-order valence-electron chi connectivity index (χ1n) is 2.80. The first kappa shape index (κ1) is 9.11. The third-order valence-electron chi connectivity index (χ3n) is 1.16. The smallest absolute Gasteiger partial charge is 0.352 e. The van der Waals surface area contributed by atoms with Crippen molar-refractivity contribution < 1.29 is 21.6 Å². The van der Waals surface area contributed by atoms with Crippen LogP contribution in [0.2, 0.25) is 0 Å². The average molecular weight is 199 g/mol. The molecule has 0 unspecified atom stereocenters. The number of alkyl halides is 3. The number of rotatable bonds is 1. The van der Waals surface area contributed by atoms with Crippen molar-refractivity contribution in [3.05, 3.63) is 18.3 Å². The predicted octanol–water partition coefficient (Wildman–Crippen LogP) is 1.31. The highest BCUT2D eigenvalue weighted by atomic mass is 32.2. The molecule has 0 amide bonds. The van der Waals surface area contributed by atoms with E-state index in [0.717, 1.165) is 12.3 Å². The predicted molar refractivity (Wildman–Crippen MR) is 34.0 cm³/mol. The molecule has 3 nitrogen and oxygen atoms in total. The molecule has 1 N–H and O–H groups in total. The van der Waals surface area contributed by atoms with Gasteiger partial charge in [-0.1, -0.05) is 0 Å². The van der Waals surface area contributed by atoms with Crippen LogP contribution in [0.15, 0.2) is 23.4 Å². The third kappa shape index (κ3) is 1.31. The topological polar surface area (TPSA) is 49.9 Å². The monoisotopic (exact) mass is 199 g/mol. The number of aromatic nitrogens is 1. The van der Waals surface area contributed by atoms with Gasteiger partial charge in [0.05, 0.1) is 0 Å². The summed E-state index contributed by atoms with van der Waals surface area (Å²) < 4.78 is 56.5. The van der Waals surface area contributed by atoms with Crippen molar-refractivity contribution >= 4 is 9.84 Å². The van der Waals surface area contributed by atoms with Crippen LogP contribution in [0.4, 0.5) is 13.2 Å². The fourth-order valence-corrected chi connectivity index (χ4v) is 1.34. The Morgan fingerprint density at radius 3 is 2.25 bits per heavy atom. The van der Waals surface area contributed by atoms with E-state index < -0.39 is 20.4 Å². The molecule has 0 radical (unpaired) electrons. The molecule has 0 atom stereocenters. The molecule has 12 heavy (non-hydrogen) atoms. The Kier molecular flexibility index (Phi) is 1.91. The average Bonchev–Trinajstić information content (AvgIpc) is 2.34. The SMILES string of the molecule is O=S(=O)(c1ccc[nH]1)C(F)(F)F. The summed E-state index contributed by atoms with van der Waals surface area (Å²) in [5.74, 6) is 0. The van der Waals surface area contributed by atoms with Crippen LogP contribution in [-0.2, 0) is 9.84 Å². The van der Waals surface area contributed by atoms with Crippen molar-refractivity contribution in [2.24, 2.45) is 0 Å².